The Kier molecular flexibility index (Phi) is 4.18. The summed E-state index contributed by atoms with van der Waals surface area (Å²) in [6.07, 6.45) is 0. The van der Waals surface area contributed by atoms with E-state index in [-0.39, 0.29) is 6.04 Å². The fraction of sp³-hybridized carbons (Fsp3) is 0.400. The van der Waals surface area contributed by atoms with Gasteiger partial charge in [-0.2, -0.15) is 0 Å². The molecule has 1 aromatic heterocycles. The van der Waals surface area contributed by atoms with Crippen LogP contribution in [0, 0.1) is 0 Å². The van der Waals surface area contributed by atoms with Gasteiger partial charge in [-0.25, -0.2) is 4.98 Å². The molecule has 0 fully saturated rings. The van der Waals surface area contributed by atoms with Gasteiger partial charge in [-0.1, -0.05) is 23.7 Å². The van der Waals surface area contributed by atoms with E-state index in [2.05, 4.69) is 10.3 Å². The number of nitrogens with two attached hydrogens (primary N) is 1. The normalized spacial score (nSPS) is 13.5. The molecule has 1 atom stereocenters. The summed E-state index contributed by atoms with van der Waals surface area (Å²) in [5, 5.41) is 14.5. The summed E-state index contributed by atoms with van der Waals surface area (Å²) in [6, 6.07) is 7.49. The molecule has 2 aromatic rings. The van der Waals surface area contributed by atoms with Crippen molar-refractivity contribution < 1.29 is 5.11 Å². The van der Waals surface area contributed by atoms with Crippen LogP contribution in [0.3, 0.4) is 0 Å². The molecule has 0 aliphatic carbocycles. The van der Waals surface area contributed by atoms with Gasteiger partial charge in [0.15, 0.2) is 0 Å². The van der Waals surface area contributed by atoms with E-state index in [1.807, 2.05) is 31.2 Å². The number of para-hydroxylation sites is 1. The van der Waals surface area contributed by atoms with Crippen LogP contribution in [0.25, 0.3) is 10.9 Å². The smallest absolute Gasteiger partial charge is 0.131 e. The maximum Gasteiger partial charge on any atom is 0.131 e. The van der Waals surface area contributed by atoms with E-state index in [1.165, 1.54) is 0 Å². The number of nitrogens with one attached hydrogen (secondary N) is 1. The van der Waals surface area contributed by atoms with E-state index in [9.17, 15) is 5.11 Å². The number of hydrogen-bond donors (Lipinski definition) is 3. The zero-order chi connectivity index (χ0) is 14.9. The molecular weight excluding hydrogens is 274 g/mol. The highest BCUT2D eigenvalue weighted by Crippen LogP contribution is 2.28. The molecule has 0 radical (unpaired) electrons. The van der Waals surface area contributed by atoms with Gasteiger partial charge in [-0.15, -0.1) is 0 Å². The monoisotopic (exact) mass is 293 g/mol. The predicted molar refractivity (Wildman–Crippen MR) is 84.1 cm³/mol. The van der Waals surface area contributed by atoms with Crippen LogP contribution < -0.4 is 11.1 Å². The fourth-order valence-electron chi connectivity index (χ4n) is 1.97. The molecule has 4 nitrogen and oxygen atoms in total. The number of fused-ring (bicyclic) bond motifs is 1. The molecule has 0 saturated carbocycles. The zero-order valence-electron chi connectivity index (χ0n) is 11.9. The molecule has 0 amide bonds. The molecule has 2 rings (SSSR count). The first-order valence-corrected chi connectivity index (χ1v) is 6.97. The molecule has 0 saturated heterocycles. The zero-order valence-corrected chi connectivity index (χ0v) is 12.7. The number of benzene rings is 1. The number of nitrogens with zero attached hydrogens (tertiary/aromatic N) is 1. The first-order chi connectivity index (χ1) is 9.28. The van der Waals surface area contributed by atoms with Crippen molar-refractivity contribution in [1.29, 1.82) is 0 Å². The molecule has 20 heavy (non-hydrogen) atoms. The maximum absolute atomic E-state index is 9.83. The Hall–Kier alpha value is -1.36. The predicted octanol–water partition coefficient (Wildman–Crippen LogP) is 3.09. The quantitative estimate of drug-likeness (QED) is 0.810. The summed E-state index contributed by atoms with van der Waals surface area (Å²) in [5.74, 6) is 0.669. The molecule has 5 heteroatoms. The fourth-order valence-corrected chi connectivity index (χ4v) is 2.19. The number of halogens is 1. The first-order valence-electron chi connectivity index (χ1n) is 6.59. The van der Waals surface area contributed by atoms with Crippen molar-refractivity contribution in [2.75, 3.05) is 11.9 Å². The molecule has 0 spiro atoms. The van der Waals surface area contributed by atoms with Gasteiger partial charge in [-0.3, -0.25) is 0 Å². The second-order valence-corrected chi connectivity index (χ2v) is 6.10. The number of anilines is 1. The lowest BCUT2D eigenvalue weighted by Gasteiger charge is -2.21. The lowest BCUT2D eigenvalue weighted by Crippen LogP contribution is -2.30. The average Bonchev–Trinajstić information content (AvgIpc) is 2.35. The first kappa shape index (κ1) is 15.0. The molecule has 0 unspecified atom stereocenters. The Morgan fingerprint density at radius 2 is 2.15 bits per heavy atom. The van der Waals surface area contributed by atoms with Gasteiger partial charge in [0.05, 0.1) is 16.1 Å². The van der Waals surface area contributed by atoms with Crippen LogP contribution in [0.15, 0.2) is 24.3 Å². The minimum atomic E-state index is -0.827. The van der Waals surface area contributed by atoms with E-state index in [0.717, 1.165) is 16.5 Å². The van der Waals surface area contributed by atoms with E-state index < -0.39 is 5.60 Å². The minimum Gasteiger partial charge on any atom is -0.389 e. The Morgan fingerprint density at radius 1 is 1.45 bits per heavy atom. The van der Waals surface area contributed by atoms with Crippen molar-refractivity contribution in [3.05, 3.63) is 34.9 Å². The third kappa shape index (κ3) is 3.39. The molecular formula is C15H20ClN3O. The van der Waals surface area contributed by atoms with Crippen LogP contribution in [-0.4, -0.2) is 22.2 Å². The number of hydrogen-bond acceptors (Lipinski definition) is 4. The molecule has 1 aromatic carbocycles. The highest BCUT2D eigenvalue weighted by Gasteiger charge is 2.16. The number of aromatic nitrogens is 1. The van der Waals surface area contributed by atoms with Crippen LogP contribution in [0.4, 0.5) is 5.82 Å². The average molecular weight is 294 g/mol. The SMILES string of the molecule is C[C@H](N)c1cc2cccc(Cl)c2nc1NCC(C)(C)O. The van der Waals surface area contributed by atoms with Crippen LogP contribution in [0.1, 0.15) is 32.4 Å². The standard InChI is InChI=1S/C15H20ClN3O/c1-9(17)11-7-10-5-4-6-12(16)13(10)19-14(11)18-8-15(2,3)20/h4-7,9,20H,8,17H2,1-3H3,(H,18,19)/t9-/m0/s1. The van der Waals surface area contributed by atoms with Gasteiger partial charge in [0.2, 0.25) is 0 Å². The highest BCUT2D eigenvalue weighted by molar-refractivity contribution is 6.35. The van der Waals surface area contributed by atoms with E-state index in [1.54, 1.807) is 13.8 Å². The summed E-state index contributed by atoms with van der Waals surface area (Å²) < 4.78 is 0. The second kappa shape index (κ2) is 5.56. The largest absolute Gasteiger partial charge is 0.389 e. The summed E-state index contributed by atoms with van der Waals surface area (Å²) in [5.41, 5.74) is 6.82. The Morgan fingerprint density at radius 3 is 2.75 bits per heavy atom. The molecule has 0 bridgehead atoms. The van der Waals surface area contributed by atoms with Crippen LogP contribution in [0.2, 0.25) is 5.02 Å². The lowest BCUT2D eigenvalue weighted by molar-refractivity contribution is 0.0944. The maximum atomic E-state index is 9.83. The van der Waals surface area contributed by atoms with E-state index in [0.29, 0.717) is 17.4 Å². The third-order valence-corrected chi connectivity index (χ3v) is 3.31. The minimum absolute atomic E-state index is 0.157. The molecule has 0 aliphatic rings. The van der Waals surface area contributed by atoms with Crippen molar-refractivity contribution in [2.24, 2.45) is 5.73 Å². The number of pyridine rings is 1. The summed E-state index contributed by atoms with van der Waals surface area (Å²) >= 11 is 6.18. The van der Waals surface area contributed by atoms with Gasteiger partial charge in [-0.05, 0) is 32.9 Å². The van der Waals surface area contributed by atoms with Crippen molar-refractivity contribution in [3.63, 3.8) is 0 Å². The summed E-state index contributed by atoms with van der Waals surface area (Å²) in [7, 11) is 0. The summed E-state index contributed by atoms with van der Waals surface area (Å²) in [6.45, 7) is 5.76. The Bertz CT molecular complexity index is 620. The summed E-state index contributed by atoms with van der Waals surface area (Å²) in [4.78, 5) is 4.56. The van der Waals surface area contributed by atoms with Crippen molar-refractivity contribution in [1.82, 2.24) is 4.98 Å². The number of aliphatic hydroxyl groups is 1. The lowest BCUT2D eigenvalue weighted by atomic mass is 10.1. The van der Waals surface area contributed by atoms with E-state index in [4.69, 9.17) is 17.3 Å². The van der Waals surface area contributed by atoms with Crippen molar-refractivity contribution in [3.8, 4) is 0 Å². The topological polar surface area (TPSA) is 71.2 Å². The van der Waals surface area contributed by atoms with Crippen LogP contribution in [0.5, 0.6) is 0 Å². The Labute approximate surface area is 124 Å². The third-order valence-electron chi connectivity index (χ3n) is 3.01. The van der Waals surface area contributed by atoms with Gasteiger partial charge >= 0.3 is 0 Å². The van der Waals surface area contributed by atoms with Gasteiger partial charge in [0, 0.05) is 23.5 Å². The van der Waals surface area contributed by atoms with Crippen LogP contribution >= 0.6 is 11.6 Å². The highest BCUT2D eigenvalue weighted by atomic mass is 35.5. The second-order valence-electron chi connectivity index (χ2n) is 5.69. The van der Waals surface area contributed by atoms with Crippen LogP contribution in [-0.2, 0) is 0 Å². The van der Waals surface area contributed by atoms with Gasteiger partial charge in [0.1, 0.15) is 5.82 Å². The molecule has 1 heterocycles. The van der Waals surface area contributed by atoms with Crippen molar-refractivity contribution >= 4 is 28.3 Å². The molecule has 108 valence electrons. The molecule has 0 aliphatic heterocycles. The molecule has 4 N–H and O–H groups in total. The van der Waals surface area contributed by atoms with Gasteiger partial charge in [0.25, 0.3) is 0 Å². The Balaban J connectivity index is 2.49. The van der Waals surface area contributed by atoms with E-state index >= 15 is 0 Å². The van der Waals surface area contributed by atoms with Gasteiger partial charge < -0.3 is 16.2 Å². The number of rotatable bonds is 4. The van der Waals surface area contributed by atoms with Crippen molar-refractivity contribution in [2.45, 2.75) is 32.4 Å².